The summed E-state index contributed by atoms with van der Waals surface area (Å²) in [6, 6.07) is 7.82. The molecule has 0 aromatic heterocycles. The molecule has 3 heteroatoms. The summed E-state index contributed by atoms with van der Waals surface area (Å²) in [5, 5.41) is 10.8. The molecule has 1 N–H and O–H groups in total. The number of rotatable bonds is 5. The van der Waals surface area contributed by atoms with Gasteiger partial charge in [0, 0.05) is 10.6 Å². The zero-order chi connectivity index (χ0) is 12.1. The van der Waals surface area contributed by atoms with Gasteiger partial charge in [0.1, 0.15) is 0 Å². The van der Waals surface area contributed by atoms with E-state index in [1.165, 1.54) is 25.7 Å². The molecule has 1 aliphatic rings. The highest BCUT2D eigenvalue weighted by Crippen LogP contribution is 2.31. The second kappa shape index (κ2) is 6.67. The molecule has 0 bridgehead atoms. The molecule has 0 aliphatic heterocycles. The summed E-state index contributed by atoms with van der Waals surface area (Å²) in [5.41, 5.74) is 0. The van der Waals surface area contributed by atoms with Crippen LogP contribution in [0.15, 0.2) is 29.2 Å². The summed E-state index contributed by atoms with van der Waals surface area (Å²) < 4.78 is 0. The third-order valence-corrected chi connectivity index (χ3v) is 5.01. The Balaban J connectivity index is 1.75. The van der Waals surface area contributed by atoms with Crippen LogP contribution in [-0.2, 0) is 0 Å². The molecule has 0 spiro atoms. The molecule has 1 fully saturated rings. The lowest BCUT2D eigenvalue weighted by molar-refractivity contribution is 0.166. The summed E-state index contributed by atoms with van der Waals surface area (Å²) in [4.78, 5) is 1.07. The van der Waals surface area contributed by atoms with Crippen LogP contribution >= 0.6 is 23.4 Å². The fourth-order valence-corrected chi connectivity index (χ4v) is 3.63. The van der Waals surface area contributed by atoms with Crippen molar-refractivity contribution >= 4 is 23.4 Å². The van der Waals surface area contributed by atoms with E-state index in [2.05, 4.69) is 0 Å². The number of hydrogen-bond donors (Lipinski definition) is 1. The van der Waals surface area contributed by atoms with Crippen LogP contribution in [0.5, 0.6) is 0 Å². The lowest BCUT2D eigenvalue weighted by Crippen LogP contribution is -2.14. The van der Waals surface area contributed by atoms with Crippen LogP contribution in [0.3, 0.4) is 0 Å². The second-order valence-electron chi connectivity index (χ2n) is 4.78. The summed E-state index contributed by atoms with van der Waals surface area (Å²) in [5.74, 6) is 1.50. The minimum Gasteiger partial charge on any atom is -0.392 e. The largest absolute Gasteiger partial charge is 0.392 e. The van der Waals surface area contributed by atoms with Gasteiger partial charge in [-0.3, -0.25) is 0 Å². The average Bonchev–Trinajstić information content (AvgIpc) is 2.81. The zero-order valence-electron chi connectivity index (χ0n) is 9.94. The van der Waals surface area contributed by atoms with Crippen molar-refractivity contribution in [3.8, 4) is 0 Å². The van der Waals surface area contributed by atoms with Crippen LogP contribution in [0.4, 0.5) is 0 Å². The van der Waals surface area contributed by atoms with Crippen molar-refractivity contribution in [1.82, 2.24) is 0 Å². The molecule has 1 aromatic carbocycles. The summed E-state index contributed by atoms with van der Waals surface area (Å²) in [7, 11) is 0. The molecule has 94 valence electrons. The van der Waals surface area contributed by atoms with E-state index in [-0.39, 0.29) is 6.10 Å². The Kier molecular flexibility index (Phi) is 5.20. The van der Waals surface area contributed by atoms with Crippen LogP contribution < -0.4 is 0 Å². The number of aliphatic hydroxyl groups excluding tert-OH is 1. The standard InChI is InChI=1S/C14H19ClOS/c15-13-7-3-4-8-14(13)17-10-12(16)9-11-5-1-2-6-11/h3-4,7-8,11-12,16H,1-2,5-6,9-10H2. The molecule has 1 aliphatic carbocycles. The number of aliphatic hydroxyl groups is 1. The van der Waals surface area contributed by atoms with Gasteiger partial charge in [-0.2, -0.15) is 0 Å². The molecule has 1 atom stereocenters. The van der Waals surface area contributed by atoms with E-state index < -0.39 is 0 Å². The van der Waals surface area contributed by atoms with Gasteiger partial charge < -0.3 is 5.11 Å². The van der Waals surface area contributed by atoms with Crippen molar-refractivity contribution in [3.05, 3.63) is 29.3 Å². The molecule has 2 rings (SSSR count). The maximum absolute atomic E-state index is 10.00. The van der Waals surface area contributed by atoms with Crippen molar-refractivity contribution in [3.63, 3.8) is 0 Å². The highest BCUT2D eigenvalue weighted by atomic mass is 35.5. The summed E-state index contributed by atoms with van der Waals surface area (Å²) in [6.45, 7) is 0. The third kappa shape index (κ3) is 4.20. The monoisotopic (exact) mass is 270 g/mol. The highest BCUT2D eigenvalue weighted by molar-refractivity contribution is 7.99. The van der Waals surface area contributed by atoms with Crippen LogP contribution in [-0.4, -0.2) is 17.0 Å². The Morgan fingerprint density at radius 2 is 2.00 bits per heavy atom. The van der Waals surface area contributed by atoms with Crippen LogP contribution in [0.2, 0.25) is 5.02 Å². The van der Waals surface area contributed by atoms with Crippen LogP contribution in [0.25, 0.3) is 0 Å². The normalized spacial score (nSPS) is 18.5. The van der Waals surface area contributed by atoms with Gasteiger partial charge in [0.05, 0.1) is 11.1 Å². The van der Waals surface area contributed by atoms with E-state index in [0.29, 0.717) is 0 Å². The Bertz CT molecular complexity index is 350. The van der Waals surface area contributed by atoms with Crippen LogP contribution in [0, 0.1) is 5.92 Å². The molecule has 1 saturated carbocycles. The molecule has 1 aromatic rings. The maximum Gasteiger partial charge on any atom is 0.0636 e. The van der Waals surface area contributed by atoms with E-state index >= 15 is 0 Å². The van der Waals surface area contributed by atoms with Crippen LogP contribution in [0.1, 0.15) is 32.1 Å². The van der Waals surface area contributed by atoms with Crippen molar-refractivity contribution in [2.45, 2.75) is 43.1 Å². The lowest BCUT2D eigenvalue weighted by atomic mass is 10.0. The SMILES string of the molecule is OC(CSc1ccccc1Cl)CC1CCCC1. The first kappa shape index (κ1) is 13.3. The van der Waals surface area contributed by atoms with Gasteiger partial charge in [-0.15, -0.1) is 11.8 Å². The van der Waals surface area contributed by atoms with Crippen molar-refractivity contribution in [1.29, 1.82) is 0 Å². The molecule has 1 nitrogen and oxygen atoms in total. The van der Waals surface area contributed by atoms with E-state index in [4.69, 9.17) is 11.6 Å². The Morgan fingerprint density at radius 3 is 2.71 bits per heavy atom. The van der Waals surface area contributed by atoms with Crippen molar-refractivity contribution in [2.24, 2.45) is 5.92 Å². The van der Waals surface area contributed by atoms with Gasteiger partial charge in [-0.1, -0.05) is 49.4 Å². The minimum absolute atomic E-state index is 0.195. The molecule has 0 saturated heterocycles. The van der Waals surface area contributed by atoms with Crippen molar-refractivity contribution < 1.29 is 5.11 Å². The minimum atomic E-state index is -0.195. The Labute approximate surface area is 113 Å². The quantitative estimate of drug-likeness (QED) is 0.802. The number of thioether (sulfide) groups is 1. The first-order valence-corrected chi connectivity index (χ1v) is 7.67. The summed E-state index contributed by atoms with van der Waals surface area (Å²) in [6.07, 6.45) is 6.04. The fourth-order valence-electron chi connectivity index (χ4n) is 2.45. The van der Waals surface area contributed by atoms with E-state index in [9.17, 15) is 5.11 Å². The molecule has 0 radical (unpaired) electrons. The number of hydrogen-bond acceptors (Lipinski definition) is 2. The highest BCUT2D eigenvalue weighted by Gasteiger charge is 2.18. The van der Waals surface area contributed by atoms with E-state index in [0.717, 1.165) is 28.0 Å². The van der Waals surface area contributed by atoms with E-state index in [1.54, 1.807) is 11.8 Å². The van der Waals surface area contributed by atoms with Crippen molar-refractivity contribution in [2.75, 3.05) is 5.75 Å². The van der Waals surface area contributed by atoms with Gasteiger partial charge in [0.2, 0.25) is 0 Å². The summed E-state index contributed by atoms with van der Waals surface area (Å²) >= 11 is 7.73. The predicted molar refractivity (Wildman–Crippen MR) is 74.8 cm³/mol. The van der Waals surface area contributed by atoms with E-state index in [1.807, 2.05) is 24.3 Å². The maximum atomic E-state index is 10.00. The molecule has 17 heavy (non-hydrogen) atoms. The molecule has 1 unspecified atom stereocenters. The third-order valence-electron chi connectivity index (χ3n) is 3.35. The Hall–Kier alpha value is -0.180. The van der Waals surface area contributed by atoms with Gasteiger partial charge in [0.25, 0.3) is 0 Å². The first-order chi connectivity index (χ1) is 8.25. The predicted octanol–water partition coefficient (Wildman–Crippen LogP) is 4.37. The number of halogens is 1. The molecular formula is C14H19ClOS. The molecule has 0 heterocycles. The number of benzene rings is 1. The zero-order valence-corrected chi connectivity index (χ0v) is 11.5. The lowest BCUT2D eigenvalue weighted by Gasteiger charge is -2.15. The van der Waals surface area contributed by atoms with Gasteiger partial charge >= 0.3 is 0 Å². The smallest absolute Gasteiger partial charge is 0.0636 e. The van der Waals surface area contributed by atoms with Gasteiger partial charge in [-0.25, -0.2) is 0 Å². The average molecular weight is 271 g/mol. The van der Waals surface area contributed by atoms with Gasteiger partial charge in [-0.05, 0) is 24.5 Å². The second-order valence-corrected chi connectivity index (χ2v) is 6.25. The first-order valence-electron chi connectivity index (χ1n) is 6.31. The fraction of sp³-hybridized carbons (Fsp3) is 0.571. The van der Waals surface area contributed by atoms with Gasteiger partial charge in [0.15, 0.2) is 0 Å². The Morgan fingerprint density at radius 1 is 1.29 bits per heavy atom. The topological polar surface area (TPSA) is 20.2 Å². The molecule has 0 amide bonds. The molecular weight excluding hydrogens is 252 g/mol.